The van der Waals surface area contributed by atoms with E-state index in [0.29, 0.717) is 11.3 Å². The van der Waals surface area contributed by atoms with Crippen LogP contribution in [0.5, 0.6) is 11.5 Å². The molecule has 0 saturated carbocycles. The average molecular weight is 231 g/mol. The van der Waals surface area contributed by atoms with Gasteiger partial charge in [0.05, 0.1) is 12.6 Å². The predicted molar refractivity (Wildman–Crippen MR) is 64.8 cm³/mol. The molecule has 88 valence electrons. The van der Waals surface area contributed by atoms with Crippen molar-refractivity contribution in [3.8, 4) is 11.5 Å². The molecule has 1 aromatic carbocycles. The number of aromatic nitrogens is 1. The molecule has 2 N–H and O–H groups in total. The molecule has 0 spiro atoms. The molecule has 0 fully saturated rings. The quantitative estimate of drug-likeness (QED) is 0.785. The van der Waals surface area contributed by atoms with Gasteiger partial charge in [0.15, 0.2) is 0 Å². The zero-order chi connectivity index (χ0) is 12.0. The van der Waals surface area contributed by atoms with E-state index in [1.54, 1.807) is 12.1 Å². The maximum atomic E-state index is 11.9. The van der Waals surface area contributed by atoms with Crippen LogP contribution < -0.4 is 10.3 Å². The van der Waals surface area contributed by atoms with Crippen molar-refractivity contribution < 1.29 is 9.84 Å². The number of phenols is 1. The lowest BCUT2D eigenvalue weighted by molar-refractivity contribution is 0.409. The maximum absolute atomic E-state index is 11.9. The van der Waals surface area contributed by atoms with Gasteiger partial charge in [0.1, 0.15) is 11.5 Å². The second-order valence-corrected chi connectivity index (χ2v) is 4.33. The number of H-pyrrole nitrogens is 1. The fraction of sp³-hybridized carbons (Fsp3) is 0.308. The molecule has 1 aliphatic rings. The van der Waals surface area contributed by atoms with Crippen molar-refractivity contribution in [3.63, 3.8) is 0 Å². The maximum Gasteiger partial charge on any atom is 0.251 e. The lowest BCUT2D eigenvalue weighted by atomic mass is 10.0. The fourth-order valence-electron chi connectivity index (χ4n) is 2.60. The zero-order valence-corrected chi connectivity index (χ0v) is 9.54. The predicted octanol–water partition coefficient (Wildman–Crippen LogP) is 1.73. The summed E-state index contributed by atoms with van der Waals surface area (Å²) in [6, 6.07) is 3.33. The summed E-state index contributed by atoms with van der Waals surface area (Å²) in [7, 11) is 1.53. The highest BCUT2D eigenvalue weighted by Crippen LogP contribution is 2.35. The second kappa shape index (κ2) is 3.52. The number of phenolic OH excluding ortho intramolecular Hbond substituents is 1. The Morgan fingerprint density at radius 3 is 2.82 bits per heavy atom. The number of rotatable bonds is 1. The number of hydrogen-bond donors (Lipinski definition) is 2. The van der Waals surface area contributed by atoms with Crippen LogP contribution in [0.3, 0.4) is 0 Å². The van der Waals surface area contributed by atoms with Gasteiger partial charge in [0.25, 0.3) is 5.56 Å². The van der Waals surface area contributed by atoms with E-state index in [0.717, 1.165) is 35.8 Å². The molecule has 4 heteroatoms. The number of nitrogens with one attached hydrogen (secondary N) is 1. The summed E-state index contributed by atoms with van der Waals surface area (Å²) in [5.74, 6) is 0.720. The van der Waals surface area contributed by atoms with Crippen LogP contribution in [0.15, 0.2) is 16.9 Å². The largest absolute Gasteiger partial charge is 0.507 e. The van der Waals surface area contributed by atoms with Gasteiger partial charge in [0.2, 0.25) is 0 Å². The third-order valence-electron chi connectivity index (χ3n) is 3.37. The smallest absolute Gasteiger partial charge is 0.251 e. The first-order valence-corrected chi connectivity index (χ1v) is 5.65. The van der Waals surface area contributed by atoms with Crippen LogP contribution in [0.2, 0.25) is 0 Å². The Morgan fingerprint density at radius 1 is 1.29 bits per heavy atom. The molecule has 3 rings (SSSR count). The SMILES string of the molecule is COc1cc(O)c2c3c(c(=O)[nH]c2c1)CCC3. The molecule has 0 radical (unpaired) electrons. The zero-order valence-electron chi connectivity index (χ0n) is 9.54. The first-order chi connectivity index (χ1) is 8.20. The van der Waals surface area contributed by atoms with Crippen LogP contribution in [0, 0.1) is 0 Å². The van der Waals surface area contributed by atoms with Crippen LogP contribution in [-0.2, 0) is 12.8 Å². The van der Waals surface area contributed by atoms with Crippen molar-refractivity contribution >= 4 is 10.9 Å². The van der Waals surface area contributed by atoms with E-state index >= 15 is 0 Å². The van der Waals surface area contributed by atoms with Crippen molar-refractivity contribution in [2.45, 2.75) is 19.3 Å². The number of benzene rings is 1. The Labute approximate surface area is 97.9 Å². The summed E-state index contributed by atoms with van der Waals surface area (Å²) in [4.78, 5) is 14.7. The first-order valence-electron chi connectivity index (χ1n) is 5.65. The molecular formula is C13H13NO3. The standard InChI is InChI=1S/C13H13NO3/c1-17-7-5-10-12(11(15)6-7)8-3-2-4-9(8)13(16)14-10/h5-6,15H,2-4H2,1H3,(H,14,16). The minimum Gasteiger partial charge on any atom is -0.507 e. The normalized spacial score (nSPS) is 13.9. The molecular weight excluding hydrogens is 218 g/mol. The van der Waals surface area contributed by atoms with Gasteiger partial charge >= 0.3 is 0 Å². The van der Waals surface area contributed by atoms with Crippen molar-refractivity contribution in [3.05, 3.63) is 33.6 Å². The van der Waals surface area contributed by atoms with E-state index < -0.39 is 0 Å². The second-order valence-electron chi connectivity index (χ2n) is 4.33. The number of fused-ring (bicyclic) bond motifs is 3. The van der Waals surface area contributed by atoms with Crippen LogP contribution in [-0.4, -0.2) is 17.2 Å². The van der Waals surface area contributed by atoms with Crippen LogP contribution in [0.1, 0.15) is 17.5 Å². The number of aromatic hydroxyl groups is 1. The highest BCUT2D eigenvalue weighted by atomic mass is 16.5. The number of ether oxygens (including phenoxy) is 1. The summed E-state index contributed by atoms with van der Waals surface area (Å²) < 4.78 is 5.08. The minimum atomic E-state index is -0.0438. The Morgan fingerprint density at radius 2 is 2.06 bits per heavy atom. The number of aryl methyl sites for hydroxylation is 1. The molecule has 4 nitrogen and oxygen atoms in total. The number of hydrogen-bond acceptors (Lipinski definition) is 3. The number of methoxy groups -OCH3 is 1. The summed E-state index contributed by atoms with van der Waals surface area (Å²) in [6.07, 6.45) is 2.63. The molecule has 0 amide bonds. The Kier molecular flexibility index (Phi) is 2.11. The molecule has 0 unspecified atom stereocenters. The molecule has 0 saturated heterocycles. The number of aromatic amines is 1. The van der Waals surface area contributed by atoms with E-state index in [2.05, 4.69) is 4.98 Å². The van der Waals surface area contributed by atoms with Gasteiger partial charge in [0, 0.05) is 23.1 Å². The van der Waals surface area contributed by atoms with Gasteiger partial charge in [-0.3, -0.25) is 4.79 Å². The topological polar surface area (TPSA) is 62.3 Å². The lowest BCUT2D eigenvalue weighted by Crippen LogP contribution is -2.12. The Hall–Kier alpha value is -1.97. The van der Waals surface area contributed by atoms with Crippen LogP contribution in [0.25, 0.3) is 10.9 Å². The minimum absolute atomic E-state index is 0.0438. The van der Waals surface area contributed by atoms with E-state index in [4.69, 9.17) is 4.74 Å². The van der Waals surface area contributed by atoms with Gasteiger partial charge in [-0.25, -0.2) is 0 Å². The molecule has 2 aromatic rings. The monoisotopic (exact) mass is 231 g/mol. The summed E-state index contributed by atoms with van der Waals surface area (Å²) >= 11 is 0. The molecule has 1 aliphatic carbocycles. The van der Waals surface area contributed by atoms with Crippen molar-refractivity contribution in [2.24, 2.45) is 0 Å². The molecule has 1 heterocycles. The van der Waals surface area contributed by atoms with Crippen molar-refractivity contribution in [1.82, 2.24) is 4.98 Å². The molecule has 1 aromatic heterocycles. The third kappa shape index (κ3) is 1.40. The molecule has 0 atom stereocenters. The van der Waals surface area contributed by atoms with E-state index in [1.165, 1.54) is 7.11 Å². The van der Waals surface area contributed by atoms with E-state index in [9.17, 15) is 9.90 Å². The summed E-state index contributed by atoms with van der Waals surface area (Å²) in [5, 5.41) is 10.8. The number of pyridine rings is 1. The summed E-state index contributed by atoms with van der Waals surface area (Å²) in [5.41, 5.74) is 2.41. The Bertz CT molecular complexity index is 658. The average Bonchev–Trinajstić information content (AvgIpc) is 2.77. The lowest BCUT2D eigenvalue weighted by Gasteiger charge is -2.09. The van der Waals surface area contributed by atoms with Gasteiger partial charge < -0.3 is 14.8 Å². The van der Waals surface area contributed by atoms with Gasteiger partial charge in [-0.1, -0.05) is 0 Å². The van der Waals surface area contributed by atoms with E-state index in [1.807, 2.05) is 0 Å². The van der Waals surface area contributed by atoms with Crippen LogP contribution >= 0.6 is 0 Å². The first kappa shape index (κ1) is 10.2. The Balaban J connectivity index is 2.45. The summed E-state index contributed by atoms with van der Waals surface area (Å²) in [6.45, 7) is 0. The molecule has 0 bridgehead atoms. The van der Waals surface area contributed by atoms with Crippen molar-refractivity contribution in [1.29, 1.82) is 0 Å². The molecule has 0 aliphatic heterocycles. The molecule has 17 heavy (non-hydrogen) atoms. The van der Waals surface area contributed by atoms with Crippen molar-refractivity contribution in [2.75, 3.05) is 7.11 Å². The van der Waals surface area contributed by atoms with Gasteiger partial charge in [-0.05, 0) is 24.8 Å². The van der Waals surface area contributed by atoms with Crippen LogP contribution in [0.4, 0.5) is 0 Å². The fourth-order valence-corrected chi connectivity index (χ4v) is 2.60. The van der Waals surface area contributed by atoms with Gasteiger partial charge in [-0.2, -0.15) is 0 Å². The third-order valence-corrected chi connectivity index (χ3v) is 3.37. The van der Waals surface area contributed by atoms with E-state index in [-0.39, 0.29) is 11.3 Å². The highest BCUT2D eigenvalue weighted by Gasteiger charge is 2.20. The van der Waals surface area contributed by atoms with Gasteiger partial charge in [-0.15, -0.1) is 0 Å². The highest BCUT2D eigenvalue weighted by molar-refractivity contribution is 5.90.